The maximum atomic E-state index is 11.7. The zero-order valence-corrected chi connectivity index (χ0v) is 9.79. The molecule has 94 valence electrons. The van der Waals surface area contributed by atoms with Crippen molar-refractivity contribution in [3.8, 4) is 0 Å². The molecule has 1 amide bonds. The molecule has 17 heavy (non-hydrogen) atoms. The predicted molar refractivity (Wildman–Crippen MR) is 60.4 cm³/mol. The summed E-state index contributed by atoms with van der Waals surface area (Å²) in [6, 6.07) is 0. The van der Waals surface area contributed by atoms with Crippen molar-refractivity contribution in [2.24, 2.45) is 0 Å². The highest BCUT2D eigenvalue weighted by Crippen LogP contribution is 2.07. The lowest BCUT2D eigenvalue weighted by atomic mass is 10.4. The highest BCUT2D eigenvalue weighted by atomic mass is 16.6. The molecule has 0 aliphatic carbocycles. The number of rotatable bonds is 6. The Balaban J connectivity index is 2.52. The summed E-state index contributed by atoms with van der Waals surface area (Å²) >= 11 is 0. The van der Waals surface area contributed by atoms with E-state index in [-0.39, 0.29) is 18.1 Å². The minimum atomic E-state index is -0.543. The van der Waals surface area contributed by atoms with Crippen LogP contribution in [0.3, 0.4) is 0 Å². The standard InChI is InChI=1S/C9H15N5O3/c1-10-3-4-12(2)9(15)7-13-6-8(5-11-13)14(16)17/h5-6,10H,3-4,7H2,1-2H3. The molecule has 0 saturated carbocycles. The van der Waals surface area contributed by atoms with Crippen LogP contribution < -0.4 is 5.32 Å². The molecule has 1 heterocycles. The fourth-order valence-electron chi connectivity index (χ4n) is 1.20. The second-order valence-electron chi connectivity index (χ2n) is 3.57. The molecule has 0 atom stereocenters. The quantitative estimate of drug-likeness (QED) is 0.533. The van der Waals surface area contributed by atoms with Gasteiger partial charge in [0.2, 0.25) is 5.91 Å². The van der Waals surface area contributed by atoms with Gasteiger partial charge in [-0.15, -0.1) is 0 Å². The van der Waals surface area contributed by atoms with Crippen molar-refractivity contribution >= 4 is 11.6 Å². The summed E-state index contributed by atoms with van der Waals surface area (Å²) in [6.45, 7) is 1.29. The average molecular weight is 241 g/mol. The summed E-state index contributed by atoms with van der Waals surface area (Å²) in [5, 5.41) is 17.1. The summed E-state index contributed by atoms with van der Waals surface area (Å²) in [5.41, 5.74) is -0.115. The van der Waals surface area contributed by atoms with Crippen molar-refractivity contribution in [3.63, 3.8) is 0 Å². The van der Waals surface area contributed by atoms with Gasteiger partial charge >= 0.3 is 5.69 Å². The number of likely N-dealkylation sites (N-methyl/N-ethyl adjacent to an activating group) is 2. The van der Waals surface area contributed by atoms with Crippen LogP contribution in [0, 0.1) is 10.1 Å². The first kappa shape index (κ1) is 13.1. The molecule has 0 fully saturated rings. The molecule has 1 aromatic rings. The summed E-state index contributed by atoms with van der Waals surface area (Å²) in [6.07, 6.45) is 2.37. The first-order valence-electron chi connectivity index (χ1n) is 5.10. The van der Waals surface area contributed by atoms with Crippen molar-refractivity contribution in [1.29, 1.82) is 0 Å². The third kappa shape index (κ3) is 3.83. The van der Waals surface area contributed by atoms with Crippen LogP contribution in [-0.4, -0.2) is 52.7 Å². The molecule has 0 bridgehead atoms. The maximum Gasteiger partial charge on any atom is 0.307 e. The number of aromatic nitrogens is 2. The zero-order chi connectivity index (χ0) is 12.8. The number of hydrogen-bond donors (Lipinski definition) is 1. The summed E-state index contributed by atoms with van der Waals surface area (Å²) in [4.78, 5) is 23.1. The SMILES string of the molecule is CNCCN(C)C(=O)Cn1cc([N+](=O)[O-])cn1. The topological polar surface area (TPSA) is 93.3 Å². The highest BCUT2D eigenvalue weighted by Gasteiger charge is 2.13. The number of amides is 1. The molecule has 8 nitrogen and oxygen atoms in total. The fraction of sp³-hybridized carbons (Fsp3) is 0.556. The van der Waals surface area contributed by atoms with Crippen LogP contribution in [-0.2, 0) is 11.3 Å². The van der Waals surface area contributed by atoms with E-state index in [9.17, 15) is 14.9 Å². The van der Waals surface area contributed by atoms with Crippen molar-refractivity contribution < 1.29 is 9.72 Å². The second kappa shape index (κ2) is 5.94. The van der Waals surface area contributed by atoms with E-state index >= 15 is 0 Å². The van der Waals surface area contributed by atoms with Gasteiger partial charge in [-0.3, -0.25) is 19.6 Å². The van der Waals surface area contributed by atoms with Gasteiger partial charge in [-0.2, -0.15) is 5.10 Å². The summed E-state index contributed by atoms with van der Waals surface area (Å²) in [5.74, 6) is -0.141. The lowest BCUT2D eigenvalue weighted by Gasteiger charge is -2.16. The van der Waals surface area contributed by atoms with Crippen molar-refractivity contribution in [1.82, 2.24) is 20.0 Å². The van der Waals surface area contributed by atoms with E-state index in [2.05, 4.69) is 10.4 Å². The number of nitrogens with zero attached hydrogens (tertiary/aromatic N) is 4. The lowest BCUT2D eigenvalue weighted by molar-refractivity contribution is -0.385. The molecule has 1 N–H and O–H groups in total. The fourth-order valence-corrected chi connectivity index (χ4v) is 1.20. The van der Waals surface area contributed by atoms with Crippen molar-refractivity contribution in [3.05, 3.63) is 22.5 Å². The molecule has 1 aromatic heterocycles. The van der Waals surface area contributed by atoms with E-state index in [1.54, 1.807) is 19.0 Å². The second-order valence-corrected chi connectivity index (χ2v) is 3.57. The average Bonchev–Trinajstić information content (AvgIpc) is 2.74. The monoisotopic (exact) mass is 241 g/mol. The smallest absolute Gasteiger partial charge is 0.307 e. The molecule has 0 aliphatic rings. The van der Waals surface area contributed by atoms with E-state index in [1.807, 2.05) is 0 Å². The number of hydrogen-bond acceptors (Lipinski definition) is 5. The molecule has 0 aliphatic heterocycles. The Bertz CT molecular complexity index is 403. The normalized spacial score (nSPS) is 10.2. The van der Waals surface area contributed by atoms with Gasteiger partial charge in [-0.1, -0.05) is 0 Å². The third-order valence-corrected chi connectivity index (χ3v) is 2.25. The van der Waals surface area contributed by atoms with Crippen LogP contribution >= 0.6 is 0 Å². The van der Waals surface area contributed by atoms with Gasteiger partial charge in [0.15, 0.2) is 0 Å². The van der Waals surface area contributed by atoms with Crippen LogP contribution in [0.25, 0.3) is 0 Å². The van der Waals surface area contributed by atoms with Gasteiger partial charge in [-0.25, -0.2) is 0 Å². The minimum absolute atomic E-state index is 0.00799. The Morgan fingerprint density at radius 2 is 2.41 bits per heavy atom. The number of carbonyl (C=O) groups is 1. The van der Waals surface area contributed by atoms with E-state index in [0.29, 0.717) is 13.1 Å². The Labute approximate surface area is 98.4 Å². The molecular weight excluding hydrogens is 226 g/mol. The zero-order valence-electron chi connectivity index (χ0n) is 9.79. The Morgan fingerprint density at radius 1 is 1.71 bits per heavy atom. The molecule has 0 aromatic carbocycles. The van der Waals surface area contributed by atoms with Gasteiger partial charge in [0, 0.05) is 20.1 Å². The Kier molecular flexibility index (Phi) is 4.58. The first-order valence-corrected chi connectivity index (χ1v) is 5.10. The van der Waals surface area contributed by atoms with Crippen molar-refractivity contribution in [2.45, 2.75) is 6.54 Å². The summed E-state index contributed by atoms with van der Waals surface area (Å²) < 4.78 is 1.26. The first-order chi connectivity index (χ1) is 8.04. The van der Waals surface area contributed by atoms with E-state index in [0.717, 1.165) is 6.20 Å². The molecule has 1 rings (SSSR count). The molecule has 0 spiro atoms. The van der Waals surface area contributed by atoms with Crippen LogP contribution in [0.1, 0.15) is 0 Å². The molecule has 0 saturated heterocycles. The largest absolute Gasteiger partial charge is 0.343 e. The lowest BCUT2D eigenvalue weighted by Crippen LogP contribution is -2.35. The van der Waals surface area contributed by atoms with Crippen molar-refractivity contribution in [2.75, 3.05) is 27.2 Å². The Morgan fingerprint density at radius 3 is 2.94 bits per heavy atom. The molecule has 8 heteroatoms. The number of nitrogens with one attached hydrogen (secondary N) is 1. The van der Waals surface area contributed by atoms with E-state index in [4.69, 9.17) is 0 Å². The van der Waals surface area contributed by atoms with Crippen LogP contribution in [0.2, 0.25) is 0 Å². The van der Waals surface area contributed by atoms with Gasteiger partial charge in [-0.05, 0) is 7.05 Å². The van der Waals surface area contributed by atoms with Gasteiger partial charge in [0.05, 0.1) is 4.92 Å². The van der Waals surface area contributed by atoms with Gasteiger partial charge in [0.1, 0.15) is 18.9 Å². The van der Waals surface area contributed by atoms with E-state index < -0.39 is 4.92 Å². The van der Waals surface area contributed by atoms with Crippen LogP contribution in [0.5, 0.6) is 0 Å². The Hall–Kier alpha value is -1.96. The van der Waals surface area contributed by atoms with Crippen LogP contribution in [0.4, 0.5) is 5.69 Å². The van der Waals surface area contributed by atoms with E-state index in [1.165, 1.54) is 10.9 Å². The van der Waals surface area contributed by atoms with Gasteiger partial charge < -0.3 is 10.2 Å². The third-order valence-electron chi connectivity index (χ3n) is 2.25. The minimum Gasteiger partial charge on any atom is -0.343 e. The van der Waals surface area contributed by atoms with Gasteiger partial charge in [0.25, 0.3) is 0 Å². The predicted octanol–water partition coefficient (Wildman–Crippen LogP) is -0.531. The highest BCUT2D eigenvalue weighted by molar-refractivity contribution is 5.75. The maximum absolute atomic E-state index is 11.7. The molecule has 0 unspecified atom stereocenters. The summed E-state index contributed by atoms with van der Waals surface area (Å²) in [7, 11) is 3.48. The number of nitro groups is 1. The molecular formula is C9H15N5O3. The van der Waals surface area contributed by atoms with Crippen LogP contribution in [0.15, 0.2) is 12.4 Å². The number of carbonyl (C=O) groups excluding carboxylic acids is 1. The molecule has 0 radical (unpaired) electrons.